The van der Waals surface area contributed by atoms with Gasteiger partial charge in [-0.05, 0) is 13.0 Å². The Morgan fingerprint density at radius 2 is 2.21 bits per heavy atom. The van der Waals surface area contributed by atoms with Gasteiger partial charge in [0, 0.05) is 44.9 Å². The quantitative estimate of drug-likeness (QED) is 0.896. The summed E-state index contributed by atoms with van der Waals surface area (Å²) in [5.74, 6) is 0.482. The fourth-order valence-corrected chi connectivity index (χ4v) is 2.99. The average molecular weight is 325 g/mol. The summed E-state index contributed by atoms with van der Waals surface area (Å²) < 4.78 is 1.89. The average Bonchev–Trinajstić information content (AvgIpc) is 3.13. The number of carbonyl (C=O) groups is 1. The summed E-state index contributed by atoms with van der Waals surface area (Å²) in [6.45, 7) is 4.53. The smallest absolute Gasteiger partial charge is 0.224 e. The molecule has 1 saturated heterocycles. The molecule has 0 saturated carbocycles. The van der Waals surface area contributed by atoms with E-state index in [1.807, 2.05) is 30.8 Å². The minimum Gasteiger partial charge on any atom is -0.349 e. The van der Waals surface area contributed by atoms with Crippen LogP contribution in [0.2, 0.25) is 0 Å². The molecule has 3 heterocycles. The van der Waals surface area contributed by atoms with Crippen LogP contribution in [-0.2, 0) is 11.8 Å². The molecule has 2 aromatic heterocycles. The zero-order valence-corrected chi connectivity index (χ0v) is 13.9. The van der Waals surface area contributed by atoms with Gasteiger partial charge in [-0.1, -0.05) is 0 Å². The Labute approximate surface area is 140 Å². The molecule has 0 bridgehead atoms. The minimum atomic E-state index is -0.0582. The third kappa shape index (κ3) is 3.20. The van der Waals surface area contributed by atoms with Crippen molar-refractivity contribution in [1.82, 2.24) is 24.4 Å². The zero-order valence-electron chi connectivity index (χ0n) is 13.9. The Balaban J connectivity index is 1.87. The Hall–Kier alpha value is -2.95. The lowest BCUT2D eigenvalue weighted by Crippen LogP contribution is -2.31. The van der Waals surface area contributed by atoms with Crippen molar-refractivity contribution in [3.05, 3.63) is 35.7 Å². The molecule has 0 aromatic carbocycles. The second-order valence-electron chi connectivity index (χ2n) is 6.08. The highest BCUT2D eigenvalue weighted by Crippen LogP contribution is 2.28. The molecular weight excluding hydrogens is 306 g/mol. The summed E-state index contributed by atoms with van der Waals surface area (Å²) in [5.41, 5.74) is 1.97. The third-order valence-corrected chi connectivity index (χ3v) is 4.15. The predicted octanol–water partition coefficient (Wildman–Crippen LogP) is 0.817. The first-order valence-corrected chi connectivity index (χ1v) is 7.72. The van der Waals surface area contributed by atoms with E-state index >= 15 is 0 Å². The topological polar surface area (TPSA) is 99.7 Å². The Kier molecular flexibility index (Phi) is 4.16. The summed E-state index contributed by atoms with van der Waals surface area (Å²) in [5, 5.41) is 12.3. The molecule has 0 unspecified atom stereocenters. The van der Waals surface area contributed by atoms with Crippen LogP contribution in [-0.4, -0.2) is 49.5 Å². The summed E-state index contributed by atoms with van der Waals surface area (Å²) in [7, 11) is 1.92. The zero-order chi connectivity index (χ0) is 17.3. The highest BCUT2D eigenvalue weighted by molar-refractivity contribution is 5.74. The van der Waals surface area contributed by atoms with Crippen LogP contribution >= 0.6 is 0 Å². The van der Waals surface area contributed by atoms with Gasteiger partial charge in [0.25, 0.3) is 0 Å². The van der Waals surface area contributed by atoms with Crippen molar-refractivity contribution >= 4 is 11.9 Å². The third-order valence-electron chi connectivity index (χ3n) is 4.15. The SMILES string of the molecule is CC(=O)N1C[C@@H](Nc2nc(C)cc(C#N)n2)[C@H](c2cn(C)cn2)C1. The van der Waals surface area contributed by atoms with Gasteiger partial charge in [0.1, 0.15) is 11.8 Å². The maximum atomic E-state index is 11.8. The number of rotatable bonds is 3. The predicted molar refractivity (Wildman–Crippen MR) is 87.1 cm³/mol. The van der Waals surface area contributed by atoms with Crippen molar-refractivity contribution in [2.45, 2.75) is 25.8 Å². The lowest BCUT2D eigenvalue weighted by atomic mass is 10.0. The number of nitrogens with zero attached hydrogens (tertiary/aromatic N) is 6. The summed E-state index contributed by atoms with van der Waals surface area (Å²) in [4.78, 5) is 26.5. The van der Waals surface area contributed by atoms with Gasteiger partial charge < -0.3 is 14.8 Å². The van der Waals surface area contributed by atoms with Crippen molar-refractivity contribution in [1.29, 1.82) is 5.26 Å². The van der Waals surface area contributed by atoms with Gasteiger partial charge in [-0.15, -0.1) is 0 Å². The molecule has 8 heteroatoms. The number of likely N-dealkylation sites (tertiary alicyclic amines) is 1. The van der Waals surface area contributed by atoms with Crippen LogP contribution in [0.4, 0.5) is 5.95 Å². The molecule has 1 aliphatic rings. The second-order valence-corrected chi connectivity index (χ2v) is 6.08. The van der Waals surface area contributed by atoms with Crippen molar-refractivity contribution in [3.8, 4) is 6.07 Å². The molecule has 1 fully saturated rings. The van der Waals surface area contributed by atoms with Crippen LogP contribution in [0.3, 0.4) is 0 Å². The Bertz CT molecular complexity index is 807. The van der Waals surface area contributed by atoms with Crippen LogP contribution in [0, 0.1) is 18.3 Å². The highest BCUT2D eigenvalue weighted by Gasteiger charge is 2.36. The van der Waals surface area contributed by atoms with Crippen LogP contribution in [0.25, 0.3) is 0 Å². The molecule has 8 nitrogen and oxygen atoms in total. The molecule has 1 N–H and O–H groups in total. The normalized spacial score (nSPS) is 20.0. The first-order valence-electron chi connectivity index (χ1n) is 7.72. The molecule has 0 radical (unpaired) electrons. The fourth-order valence-electron chi connectivity index (χ4n) is 2.99. The largest absolute Gasteiger partial charge is 0.349 e. The van der Waals surface area contributed by atoms with E-state index in [0.29, 0.717) is 24.7 Å². The monoisotopic (exact) mass is 325 g/mol. The summed E-state index contributed by atoms with van der Waals surface area (Å²) in [6.07, 6.45) is 3.71. The molecule has 24 heavy (non-hydrogen) atoms. The number of imidazole rings is 1. The van der Waals surface area contributed by atoms with Gasteiger partial charge in [-0.3, -0.25) is 4.79 Å². The maximum Gasteiger partial charge on any atom is 0.224 e. The number of amides is 1. The second kappa shape index (κ2) is 6.28. The lowest BCUT2D eigenvalue weighted by Gasteiger charge is -2.18. The van der Waals surface area contributed by atoms with E-state index in [9.17, 15) is 4.79 Å². The van der Waals surface area contributed by atoms with Gasteiger partial charge in [-0.25, -0.2) is 15.0 Å². The molecular formula is C16H19N7O. The van der Waals surface area contributed by atoms with Gasteiger partial charge in [0.15, 0.2) is 0 Å². The van der Waals surface area contributed by atoms with Gasteiger partial charge in [0.05, 0.1) is 18.1 Å². The number of hydrogen-bond acceptors (Lipinski definition) is 6. The van der Waals surface area contributed by atoms with Crippen LogP contribution in [0.1, 0.15) is 29.9 Å². The molecule has 1 aliphatic heterocycles. The van der Waals surface area contributed by atoms with E-state index in [4.69, 9.17) is 5.26 Å². The molecule has 124 valence electrons. The Morgan fingerprint density at radius 3 is 2.83 bits per heavy atom. The van der Waals surface area contributed by atoms with Crippen molar-refractivity contribution in [2.24, 2.45) is 7.05 Å². The summed E-state index contributed by atoms with van der Waals surface area (Å²) >= 11 is 0. The molecule has 1 amide bonds. The highest BCUT2D eigenvalue weighted by atomic mass is 16.2. The van der Waals surface area contributed by atoms with E-state index in [1.165, 1.54) is 0 Å². The van der Waals surface area contributed by atoms with E-state index in [2.05, 4.69) is 20.3 Å². The van der Waals surface area contributed by atoms with Crippen molar-refractivity contribution in [2.75, 3.05) is 18.4 Å². The minimum absolute atomic E-state index is 0.0307. The molecule has 2 aromatic rings. The molecule has 3 rings (SSSR count). The van der Waals surface area contributed by atoms with Crippen LogP contribution in [0.5, 0.6) is 0 Å². The van der Waals surface area contributed by atoms with Crippen molar-refractivity contribution < 1.29 is 4.79 Å². The standard InChI is InChI=1S/C16H19N7O/c1-10-4-12(5-17)20-16(19-10)21-15-8-23(11(2)24)6-13(15)14-7-22(3)9-18-14/h4,7,9,13,15H,6,8H2,1-3H3,(H,19,20,21)/t13-,15+/m0/s1. The number of anilines is 1. The van der Waals surface area contributed by atoms with Gasteiger partial charge in [-0.2, -0.15) is 5.26 Å². The first kappa shape index (κ1) is 15.9. The van der Waals surface area contributed by atoms with Gasteiger partial charge in [0.2, 0.25) is 11.9 Å². The molecule has 0 spiro atoms. The van der Waals surface area contributed by atoms with Crippen molar-refractivity contribution in [3.63, 3.8) is 0 Å². The molecule has 0 aliphatic carbocycles. The first-order chi connectivity index (χ1) is 11.5. The lowest BCUT2D eigenvalue weighted by molar-refractivity contribution is -0.127. The van der Waals surface area contributed by atoms with E-state index in [0.717, 1.165) is 11.4 Å². The maximum absolute atomic E-state index is 11.8. The number of hydrogen-bond donors (Lipinski definition) is 1. The summed E-state index contributed by atoms with van der Waals surface area (Å²) in [6, 6.07) is 3.61. The Morgan fingerprint density at radius 1 is 1.42 bits per heavy atom. The van der Waals surface area contributed by atoms with E-state index in [-0.39, 0.29) is 17.9 Å². The number of nitriles is 1. The number of aromatic nitrogens is 4. The number of aryl methyl sites for hydroxylation is 2. The van der Waals surface area contributed by atoms with Crippen LogP contribution in [0.15, 0.2) is 18.6 Å². The van der Waals surface area contributed by atoms with Gasteiger partial charge >= 0.3 is 0 Å². The van der Waals surface area contributed by atoms with E-state index in [1.54, 1.807) is 24.2 Å². The molecule has 2 atom stereocenters. The van der Waals surface area contributed by atoms with E-state index < -0.39 is 0 Å². The number of carbonyl (C=O) groups excluding carboxylic acids is 1. The van der Waals surface area contributed by atoms with Crippen LogP contribution < -0.4 is 5.32 Å². The fraction of sp³-hybridized carbons (Fsp3) is 0.438. The number of nitrogens with one attached hydrogen (secondary N) is 1.